The molecule has 0 spiro atoms. The van der Waals surface area contributed by atoms with Gasteiger partial charge >= 0.3 is 12.4 Å². The molecule has 0 bridgehead atoms. The number of benzene rings is 2. The number of alkyl halides is 6. The predicted molar refractivity (Wildman–Crippen MR) is 102 cm³/mol. The minimum Gasteiger partial charge on any atom is -0.308 e. The molecular formula is C21H13F6N5O. The zero-order chi connectivity index (χ0) is 24.0. The van der Waals surface area contributed by atoms with Crippen LogP contribution in [0.2, 0.25) is 0 Å². The Morgan fingerprint density at radius 3 is 2.27 bits per heavy atom. The van der Waals surface area contributed by atoms with Crippen LogP contribution in [0.25, 0.3) is 11.3 Å². The summed E-state index contributed by atoms with van der Waals surface area (Å²) in [5.41, 5.74) is -1.56. The summed E-state index contributed by atoms with van der Waals surface area (Å²) in [5, 5.41) is 19.3. The van der Waals surface area contributed by atoms with Crippen LogP contribution in [0, 0.1) is 11.3 Å². The average molecular weight is 465 g/mol. The molecule has 170 valence electrons. The number of fused-ring (bicyclic) bond motifs is 1. The molecule has 0 saturated carbocycles. The third kappa shape index (κ3) is 4.26. The van der Waals surface area contributed by atoms with Crippen molar-refractivity contribution in [1.29, 1.82) is 5.26 Å². The quantitative estimate of drug-likeness (QED) is 0.560. The van der Waals surface area contributed by atoms with Gasteiger partial charge in [0, 0.05) is 17.7 Å². The Morgan fingerprint density at radius 2 is 1.67 bits per heavy atom. The normalized spacial score (nSPS) is 14.2. The topological polar surface area (TPSA) is 85.7 Å². The first kappa shape index (κ1) is 22.3. The molecule has 4 rings (SSSR count). The van der Waals surface area contributed by atoms with E-state index in [0.29, 0.717) is 28.9 Å². The van der Waals surface area contributed by atoms with Crippen LogP contribution in [-0.2, 0) is 30.1 Å². The average Bonchev–Trinajstić information content (AvgIpc) is 3.22. The maximum Gasteiger partial charge on any atom is 0.416 e. The van der Waals surface area contributed by atoms with Gasteiger partial charge in [-0.05, 0) is 41.8 Å². The van der Waals surface area contributed by atoms with Crippen LogP contribution in [0.3, 0.4) is 0 Å². The number of amides is 1. The van der Waals surface area contributed by atoms with Crippen LogP contribution in [0.15, 0.2) is 36.4 Å². The molecule has 0 radical (unpaired) electrons. The summed E-state index contributed by atoms with van der Waals surface area (Å²) in [6.07, 6.45) is -9.74. The van der Waals surface area contributed by atoms with E-state index >= 15 is 0 Å². The van der Waals surface area contributed by atoms with E-state index in [0.717, 1.165) is 4.90 Å². The first-order valence-corrected chi connectivity index (χ1v) is 9.51. The van der Waals surface area contributed by atoms with E-state index in [4.69, 9.17) is 0 Å². The van der Waals surface area contributed by atoms with Crippen LogP contribution >= 0.6 is 0 Å². The third-order valence-electron chi connectivity index (χ3n) is 5.23. The lowest BCUT2D eigenvalue weighted by Crippen LogP contribution is -2.35. The number of nitriles is 1. The highest BCUT2D eigenvalue weighted by molar-refractivity contribution is 5.98. The van der Waals surface area contributed by atoms with Crippen LogP contribution in [0.4, 0.5) is 32.0 Å². The van der Waals surface area contributed by atoms with E-state index in [1.165, 1.54) is 0 Å². The van der Waals surface area contributed by atoms with Gasteiger partial charge < -0.3 is 4.90 Å². The molecule has 33 heavy (non-hydrogen) atoms. The Labute approximate surface area is 182 Å². The number of hydrogen-bond donors (Lipinski definition) is 1. The SMILES string of the molecule is N#Cc1n[nH]nc1-c1cccc2c1CCC(=O)N2Cc1cc(C(F)(F)F)cc(C(F)(F)F)c1. The molecule has 0 fully saturated rings. The fraction of sp³-hybridized carbons (Fsp3) is 0.238. The molecule has 1 amide bonds. The van der Waals surface area contributed by atoms with Gasteiger partial charge in [-0.15, -0.1) is 5.10 Å². The van der Waals surface area contributed by atoms with Gasteiger partial charge in [-0.25, -0.2) is 0 Å². The number of carbonyl (C=O) groups is 1. The zero-order valence-corrected chi connectivity index (χ0v) is 16.6. The number of carbonyl (C=O) groups excluding carboxylic acids is 1. The fourth-order valence-corrected chi connectivity index (χ4v) is 3.78. The maximum absolute atomic E-state index is 13.2. The van der Waals surface area contributed by atoms with Crippen molar-refractivity contribution in [2.24, 2.45) is 0 Å². The molecule has 1 aliphatic rings. The molecule has 1 aliphatic heterocycles. The molecule has 0 unspecified atom stereocenters. The molecule has 0 saturated heterocycles. The molecule has 2 heterocycles. The Balaban J connectivity index is 1.79. The van der Waals surface area contributed by atoms with Crippen molar-refractivity contribution < 1.29 is 31.1 Å². The summed E-state index contributed by atoms with van der Waals surface area (Å²) < 4.78 is 79.3. The van der Waals surface area contributed by atoms with Crippen molar-refractivity contribution >= 4 is 11.6 Å². The molecule has 0 aliphatic carbocycles. The van der Waals surface area contributed by atoms with Gasteiger partial charge in [0.15, 0.2) is 5.69 Å². The van der Waals surface area contributed by atoms with E-state index in [1.807, 2.05) is 6.07 Å². The van der Waals surface area contributed by atoms with Crippen LogP contribution < -0.4 is 4.90 Å². The van der Waals surface area contributed by atoms with Crippen molar-refractivity contribution in [3.8, 4) is 17.3 Å². The van der Waals surface area contributed by atoms with E-state index in [-0.39, 0.29) is 35.9 Å². The van der Waals surface area contributed by atoms with Crippen LogP contribution in [0.1, 0.15) is 34.4 Å². The number of H-pyrrole nitrogens is 1. The van der Waals surface area contributed by atoms with Gasteiger partial charge in [0.25, 0.3) is 0 Å². The van der Waals surface area contributed by atoms with Gasteiger partial charge in [-0.2, -0.15) is 41.9 Å². The Bertz CT molecular complexity index is 1240. The van der Waals surface area contributed by atoms with E-state index < -0.39 is 35.9 Å². The van der Waals surface area contributed by atoms with Crippen molar-refractivity contribution in [2.45, 2.75) is 31.7 Å². The number of anilines is 1. The highest BCUT2D eigenvalue weighted by Gasteiger charge is 2.37. The number of nitrogens with one attached hydrogen (secondary N) is 1. The molecule has 3 aromatic rings. The van der Waals surface area contributed by atoms with Gasteiger partial charge in [-0.1, -0.05) is 12.1 Å². The van der Waals surface area contributed by atoms with Gasteiger partial charge in [0.2, 0.25) is 5.91 Å². The summed E-state index contributed by atoms with van der Waals surface area (Å²) in [7, 11) is 0. The minimum atomic E-state index is -4.99. The second-order valence-corrected chi connectivity index (χ2v) is 7.33. The lowest BCUT2D eigenvalue weighted by Gasteiger charge is -2.31. The Morgan fingerprint density at radius 1 is 1.00 bits per heavy atom. The zero-order valence-electron chi connectivity index (χ0n) is 16.6. The fourth-order valence-electron chi connectivity index (χ4n) is 3.78. The number of hydrogen-bond acceptors (Lipinski definition) is 4. The Hall–Kier alpha value is -3.88. The van der Waals surface area contributed by atoms with Gasteiger partial charge in [-0.3, -0.25) is 4.79 Å². The summed E-state index contributed by atoms with van der Waals surface area (Å²) >= 11 is 0. The van der Waals surface area contributed by atoms with Gasteiger partial charge in [0.05, 0.1) is 17.7 Å². The second kappa shape index (κ2) is 7.91. The van der Waals surface area contributed by atoms with Crippen molar-refractivity contribution in [1.82, 2.24) is 15.4 Å². The number of nitrogens with zero attached hydrogens (tertiary/aromatic N) is 4. The monoisotopic (exact) mass is 465 g/mol. The number of rotatable bonds is 3. The van der Waals surface area contributed by atoms with E-state index in [1.54, 1.807) is 18.2 Å². The highest BCUT2D eigenvalue weighted by Crippen LogP contribution is 2.39. The molecular weight excluding hydrogens is 452 g/mol. The summed E-state index contributed by atoms with van der Waals surface area (Å²) in [6.45, 7) is -0.494. The van der Waals surface area contributed by atoms with Crippen molar-refractivity contribution in [2.75, 3.05) is 4.90 Å². The molecule has 2 aromatic carbocycles. The Kier molecular flexibility index (Phi) is 5.35. The molecule has 0 atom stereocenters. The largest absolute Gasteiger partial charge is 0.416 e. The number of halogens is 6. The summed E-state index contributed by atoms with van der Waals surface area (Å²) in [5.74, 6) is -0.453. The van der Waals surface area contributed by atoms with E-state index in [2.05, 4.69) is 15.4 Å². The second-order valence-electron chi connectivity index (χ2n) is 7.33. The number of aromatic amines is 1. The molecule has 12 heteroatoms. The van der Waals surface area contributed by atoms with Crippen LogP contribution in [-0.4, -0.2) is 21.3 Å². The smallest absolute Gasteiger partial charge is 0.308 e. The van der Waals surface area contributed by atoms with E-state index in [9.17, 15) is 36.4 Å². The standard InChI is InChI=1S/C21H13F6N5O/c22-20(23,24)12-6-11(7-13(8-12)21(25,26)27)10-32-17-3-1-2-15(14(17)4-5-18(32)33)19-16(9-28)29-31-30-19/h1-3,6-8H,4-5,10H2,(H,29,30,31). The molecule has 6 nitrogen and oxygen atoms in total. The molecule has 1 N–H and O–H groups in total. The molecule has 1 aromatic heterocycles. The minimum absolute atomic E-state index is 0.0135. The van der Waals surface area contributed by atoms with Gasteiger partial charge in [0.1, 0.15) is 11.8 Å². The first-order chi connectivity index (χ1) is 15.5. The predicted octanol–water partition coefficient (Wildman–Crippen LogP) is 4.86. The highest BCUT2D eigenvalue weighted by atomic mass is 19.4. The van der Waals surface area contributed by atoms with Crippen LogP contribution in [0.5, 0.6) is 0 Å². The lowest BCUT2D eigenvalue weighted by atomic mass is 9.93. The summed E-state index contributed by atoms with van der Waals surface area (Å²) in [6, 6.07) is 7.88. The number of aromatic nitrogens is 3. The van der Waals surface area contributed by atoms with Crippen molar-refractivity contribution in [3.05, 3.63) is 64.3 Å². The first-order valence-electron chi connectivity index (χ1n) is 9.51. The van der Waals surface area contributed by atoms with Crippen molar-refractivity contribution in [3.63, 3.8) is 0 Å². The maximum atomic E-state index is 13.2. The third-order valence-corrected chi connectivity index (χ3v) is 5.23. The lowest BCUT2D eigenvalue weighted by molar-refractivity contribution is -0.143. The summed E-state index contributed by atoms with van der Waals surface area (Å²) in [4.78, 5) is 13.8.